The first kappa shape index (κ1) is 23.2. The van der Waals surface area contributed by atoms with E-state index < -0.39 is 0 Å². The van der Waals surface area contributed by atoms with E-state index in [2.05, 4.69) is 41.7 Å². The average molecular weight is 478 g/mol. The standard InChI is InChI=1S/C25H31N7O3/c1-5-17-13-32(20-11-23(33)29(4)21-14-30(10-9-26)28-24(20)21)18(6-2)12-31(17)16(3)19-7-8-22-25(27-19)35-15-34-22/h7-8,11,14,16-18H,5-6,10,12-13,15H2,1-4H3/t16-,17+,18-/m0/s1. The Morgan fingerprint density at radius 3 is 2.74 bits per heavy atom. The number of rotatable bonds is 6. The number of ether oxygens (including phenoxy) is 2. The van der Waals surface area contributed by atoms with Crippen molar-refractivity contribution in [1.29, 1.82) is 5.26 Å². The summed E-state index contributed by atoms with van der Waals surface area (Å²) < 4.78 is 14.1. The first-order valence-corrected chi connectivity index (χ1v) is 12.2. The molecule has 0 bridgehead atoms. The molecular formula is C25H31N7O3. The Morgan fingerprint density at radius 2 is 2.00 bits per heavy atom. The second-order valence-electron chi connectivity index (χ2n) is 9.24. The summed E-state index contributed by atoms with van der Waals surface area (Å²) in [6.45, 7) is 8.53. The number of pyridine rings is 2. The summed E-state index contributed by atoms with van der Waals surface area (Å²) in [6.07, 6.45) is 3.66. The van der Waals surface area contributed by atoms with E-state index in [4.69, 9.17) is 19.7 Å². The van der Waals surface area contributed by atoms with Crippen molar-refractivity contribution in [1.82, 2.24) is 24.2 Å². The Kier molecular flexibility index (Phi) is 6.11. The van der Waals surface area contributed by atoms with Crippen LogP contribution >= 0.6 is 0 Å². The molecule has 10 heteroatoms. The molecule has 3 atom stereocenters. The van der Waals surface area contributed by atoms with Gasteiger partial charge in [-0.25, -0.2) is 4.98 Å². The monoisotopic (exact) mass is 477 g/mol. The largest absolute Gasteiger partial charge is 0.452 e. The van der Waals surface area contributed by atoms with Crippen LogP contribution < -0.4 is 19.9 Å². The number of piperazine rings is 1. The third-order valence-electron chi connectivity index (χ3n) is 7.34. The van der Waals surface area contributed by atoms with E-state index in [0.717, 1.165) is 48.3 Å². The Labute approximate surface area is 204 Å². The summed E-state index contributed by atoms with van der Waals surface area (Å²) in [5.41, 5.74) is 3.23. The van der Waals surface area contributed by atoms with E-state index in [9.17, 15) is 4.79 Å². The van der Waals surface area contributed by atoms with E-state index in [1.165, 1.54) is 0 Å². The van der Waals surface area contributed by atoms with Gasteiger partial charge in [0.15, 0.2) is 5.75 Å². The molecule has 2 aliphatic heterocycles. The molecule has 0 unspecified atom stereocenters. The van der Waals surface area contributed by atoms with E-state index >= 15 is 0 Å². The first-order valence-electron chi connectivity index (χ1n) is 12.2. The molecule has 0 aliphatic carbocycles. The molecule has 0 saturated carbocycles. The molecule has 0 N–H and O–H groups in total. The molecule has 1 saturated heterocycles. The van der Waals surface area contributed by atoms with Gasteiger partial charge < -0.3 is 18.9 Å². The molecule has 2 aliphatic rings. The number of aryl methyl sites for hydroxylation is 1. The zero-order chi connectivity index (χ0) is 24.7. The van der Waals surface area contributed by atoms with Crippen molar-refractivity contribution in [2.75, 3.05) is 24.8 Å². The van der Waals surface area contributed by atoms with Crippen molar-refractivity contribution >= 4 is 16.7 Å². The van der Waals surface area contributed by atoms with Gasteiger partial charge in [-0.15, -0.1) is 0 Å². The van der Waals surface area contributed by atoms with Gasteiger partial charge in [0, 0.05) is 44.3 Å². The normalized spacial score (nSPS) is 20.8. The molecule has 0 spiro atoms. The van der Waals surface area contributed by atoms with Crippen molar-refractivity contribution < 1.29 is 9.47 Å². The number of aromatic nitrogens is 4. The molecule has 3 aromatic rings. The molecule has 0 amide bonds. The molecule has 184 valence electrons. The molecule has 3 aromatic heterocycles. The van der Waals surface area contributed by atoms with Crippen LogP contribution in [-0.4, -0.2) is 56.2 Å². The average Bonchev–Trinajstić information content (AvgIpc) is 3.52. The number of fused-ring (bicyclic) bond motifs is 2. The fourth-order valence-electron chi connectivity index (χ4n) is 5.27. The minimum absolute atomic E-state index is 0.0766. The van der Waals surface area contributed by atoms with Crippen LogP contribution in [0.1, 0.15) is 45.3 Å². The first-order chi connectivity index (χ1) is 16.9. The number of nitrogens with zero attached hydrogens (tertiary/aromatic N) is 7. The maximum Gasteiger partial charge on any atom is 0.260 e. The zero-order valence-electron chi connectivity index (χ0n) is 20.6. The summed E-state index contributed by atoms with van der Waals surface area (Å²) in [7, 11) is 1.75. The van der Waals surface area contributed by atoms with E-state index in [0.29, 0.717) is 11.6 Å². The van der Waals surface area contributed by atoms with Gasteiger partial charge in [0.1, 0.15) is 12.1 Å². The topological polar surface area (TPSA) is 101 Å². The van der Waals surface area contributed by atoms with Gasteiger partial charge in [0.25, 0.3) is 11.4 Å². The highest BCUT2D eigenvalue weighted by molar-refractivity contribution is 5.88. The molecule has 1 fully saturated rings. The molecule has 0 aromatic carbocycles. The number of hydrogen-bond donors (Lipinski definition) is 0. The van der Waals surface area contributed by atoms with Crippen LogP contribution in [0.2, 0.25) is 0 Å². The lowest BCUT2D eigenvalue weighted by Crippen LogP contribution is -2.58. The van der Waals surface area contributed by atoms with E-state index in [1.807, 2.05) is 12.1 Å². The maximum atomic E-state index is 12.9. The van der Waals surface area contributed by atoms with Gasteiger partial charge in [0.05, 0.1) is 29.2 Å². The lowest BCUT2D eigenvalue weighted by Gasteiger charge is -2.49. The van der Waals surface area contributed by atoms with Gasteiger partial charge >= 0.3 is 0 Å². The van der Waals surface area contributed by atoms with Crippen LogP contribution in [0.15, 0.2) is 29.2 Å². The fraction of sp³-hybridized carbons (Fsp3) is 0.520. The van der Waals surface area contributed by atoms with Gasteiger partial charge in [-0.3, -0.25) is 14.4 Å². The molecule has 5 rings (SSSR count). The van der Waals surface area contributed by atoms with Crippen molar-refractivity contribution in [3.8, 4) is 17.7 Å². The molecular weight excluding hydrogens is 446 g/mol. The molecule has 5 heterocycles. The second kappa shape index (κ2) is 9.23. The Morgan fingerprint density at radius 1 is 1.20 bits per heavy atom. The number of anilines is 1. The smallest absolute Gasteiger partial charge is 0.260 e. The number of nitriles is 1. The van der Waals surface area contributed by atoms with Crippen molar-refractivity contribution in [3.05, 3.63) is 40.4 Å². The van der Waals surface area contributed by atoms with Crippen LogP contribution in [0.3, 0.4) is 0 Å². The van der Waals surface area contributed by atoms with Crippen LogP contribution in [0.25, 0.3) is 11.0 Å². The van der Waals surface area contributed by atoms with Gasteiger partial charge in [-0.2, -0.15) is 10.4 Å². The highest BCUT2D eigenvalue weighted by atomic mass is 16.7. The summed E-state index contributed by atoms with van der Waals surface area (Å²) in [5.74, 6) is 1.25. The van der Waals surface area contributed by atoms with E-state index in [1.54, 1.807) is 28.6 Å². The van der Waals surface area contributed by atoms with Crippen LogP contribution in [0, 0.1) is 11.3 Å². The van der Waals surface area contributed by atoms with Gasteiger partial charge in [0.2, 0.25) is 6.79 Å². The minimum Gasteiger partial charge on any atom is -0.452 e. The highest BCUT2D eigenvalue weighted by Crippen LogP contribution is 2.36. The SMILES string of the molecule is CC[C@H]1CN([C@@H](C)c2ccc3c(n2)OCO3)[C@H](CC)CN1c1cc(=O)n(C)c2cn(CC#N)nc12. The summed E-state index contributed by atoms with van der Waals surface area (Å²) >= 11 is 0. The lowest BCUT2D eigenvalue weighted by atomic mass is 9.98. The van der Waals surface area contributed by atoms with Crippen molar-refractivity contribution in [2.24, 2.45) is 7.05 Å². The molecule has 0 radical (unpaired) electrons. The zero-order valence-corrected chi connectivity index (χ0v) is 20.6. The molecule has 35 heavy (non-hydrogen) atoms. The second-order valence-corrected chi connectivity index (χ2v) is 9.24. The summed E-state index contributed by atoms with van der Waals surface area (Å²) in [4.78, 5) is 22.4. The predicted octanol–water partition coefficient (Wildman–Crippen LogP) is 2.82. The van der Waals surface area contributed by atoms with Gasteiger partial charge in [-0.05, 0) is 31.9 Å². The van der Waals surface area contributed by atoms with Crippen molar-refractivity contribution in [2.45, 2.75) is 58.3 Å². The Bertz CT molecular complexity index is 1340. The summed E-state index contributed by atoms with van der Waals surface area (Å²) in [6, 6.07) is 8.35. The van der Waals surface area contributed by atoms with Crippen LogP contribution in [0.4, 0.5) is 5.69 Å². The minimum atomic E-state index is -0.0766. The number of hydrogen-bond acceptors (Lipinski definition) is 8. The van der Waals surface area contributed by atoms with Gasteiger partial charge in [-0.1, -0.05) is 13.8 Å². The predicted molar refractivity (Wildman–Crippen MR) is 132 cm³/mol. The maximum absolute atomic E-state index is 12.9. The quantitative estimate of drug-likeness (QED) is 0.534. The third kappa shape index (κ3) is 4.00. The van der Waals surface area contributed by atoms with Crippen LogP contribution in [-0.2, 0) is 13.6 Å². The Hall–Kier alpha value is -3.58. The molecule has 10 nitrogen and oxygen atoms in total. The summed E-state index contributed by atoms with van der Waals surface area (Å²) in [5, 5.41) is 13.8. The highest BCUT2D eigenvalue weighted by Gasteiger charge is 2.37. The Balaban J connectivity index is 1.49. The van der Waals surface area contributed by atoms with Crippen molar-refractivity contribution in [3.63, 3.8) is 0 Å². The third-order valence-corrected chi connectivity index (χ3v) is 7.34. The lowest BCUT2D eigenvalue weighted by molar-refractivity contribution is 0.0987. The van der Waals surface area contributed by atoms with E-state index in [-0.39, 0.29) is 37.0 Å². The van der Waals surface area contributed by atoms with Crippen LogP contribution in [0.5, 0.6) is 11.6 Å². The fourth-order valence-corrected chi connectivity index (χ4v) is 5.27.